The van der Waals surface area contributed by atoms with Gasteiger partial charge in [-0.3, -0.25) is 9.78 Å². The molecule has 8 nitrogen and oxygen atoms in total. The van der Waals surface area contributed by atoms with Crippen molar-refractivity contribution in [1.82, 2.24) is 24.8 Å². The zero-order valence-corrected chi connectivity index (χ0v) is 22.3. The third-order valence-electron chi connectivity index (χ3n) is 11.7. The van der Waals surface area contributed by atoms with Gasteiger partial charge in [-0.25, -0.2) is 9.97 Å². The summed E-state index contributed by atoms with van der Waals surface area (Å²) < 4.78 is 0. The van der Waals surface area contributed by atoms with E-state index in [1.165, 1.54) is 32.7 Å². The van der Waals surface area contributed by atoms with Gasteiger partial charge in [0.2, 0.25) is 11.9 Å². The molecule has 0 unspecified atom stereocenters. The van der Waals surface area contributed by atoms with E-state index in [1.807, 2.05) is 36.4 Å². The zero-order chi connectivity index (χ0) is 26.1. The topological polar surface area (TPSA) is 86.3 Å². The van der Waals surface area contributed by atoms with Crippen LogP contribution in [-0.2, 0) is 4.79 Å². The second-order valence-corrected chi connectivity index (χ2v) is 12.9. The maximum Gasteiger partial charge on any atom is 0.231 e. The number of nitrogens with one attached hydrogen (secondary N) is 2. The maximum atomic E-state index is 13.7. The molecule has 0 atom stereocenters. The molecule has 39 heavy (non-hydrogen) atoms. The molecule has 3 heterocycles. The molecule has 1 aromatic carbocycles. The third-order valence-corrected chi connectivity index (χ3v) is 11.7. The lowest BCUT2D eigenvalue weighted by Crippen LogP contribution is -3.12. The molecule has 2 aromatic heterocycles. The number of aromatic nitrogens is 3. The molecular weight excluding hydrogens is 486 g/mol. The molecule has 8 heteroatoms. The van der Waals surface area contributed by atoms with Crippen molar-refractivity contribution in [2.45, 2.75) is 6.92 Å². The van der Waals surface area contributed by atoms with Crippen LogP contribution in [0.25, 0.3) is 11.3 Å². The fraction of sp³-hybridized carbons (Fsp3) is 0.484. The van der Waals surface area contributed by atoms with Crippen LogP contribution in [0.2, 0.25) is 0 Å². The highest BCUT2D eigenvalue weighted by Crippen LogP contribution is 3.10. The molecule has 1 amide bonds. The largest absolute Gasteiger partial charge is 0.326 e. The monoisotopic (exact) mass is 519 g/mol. The molecule has 198 valence electrons. The number of hydrogen-bond donors (Lipinski definition) is 2. The number of piperazine rings is 1. The van der Waals surface area contributed by atoms with Crippen LogP contribution in [0, 0.1) is 53.3 Å². The predicted octanol–water partition coefficient (Wildman–Crippen LogP) is 3.51. The summed E-state index contributed by atoms with van der Waals surface area (Å²) in [4.78, 5) is 32.2. The zero-order valence-electron chi connectivity index (χ0n) is 22.3. The summed E-state index contributed by atoms with van der Waals surface area (Å²) in [6, 6.07) is 11.8. The van der Waals surface area contributed by atoms with Gasteiger partial charge in [-0.1, -0.05) is 6.07 Å². The van der Waals surface area contributed by atoms with E-state index in [0.29, 0.717) is 29.1 Å². The molecule has 0 bridgehead atoms. The smallest absolute Gasteiger partial charge is 0.231 e. The fourth-order valence-corrected chi connectivity index (χ4v) is 10.2. The van der Waals surface area contributed by atoms with Crippen molar-refractivity contribution >= 4 is 23.2 Å². The van der Waals surface area contributed by atoms with Gasteiger partial charge < -0.3 is 20.4 Å². The number of benzene rings is 1. The van der Waals surface area contributed by atoms with Crippen molar-refractivity contribution in [3.8, 4) is 11.3 Å². The van der Waals surface area contributed by atoms with Crippen molar-refractivity contribution in [1.29, 1.82) is 0 Å². The second kappa shape index (κ2) is 7.43. The SMILES string of the molecule is Cc1ccc(NC(=O)C23C4C5C2C2C3C4C52CN2CCN(C)CC2)cc1Nc1nccc(-c2cccnc2)n1. The average molecular weight is 520 g/mol. The summed E-state index contributed by atoms with van der Waals surface area (Å²) in [5.74, 6) is 5.20. The number of pyridine rings is 1. The van der Waals surface area contributed by atoms with Crippen molar-refractivity contribution < 1.29 is 4.79 Å². The van der Waals surface area contributed by atoms with Crippen LogP contribution in [0.1, 0.15) is 5.56 Å². The molecule has 1 saturated heterocycles. The Morgan fingerprint density at radius 2 is 1.77 bits per heavy atom. The Balaban J connectivity index is 0.886. The summed E-state index contributed by atoms with van der Waals surface area (Å²) >= 11 is 0. The number of amides is 1. The van der Waals surface area contributed by atoms with Gasteiger partial charge in [0, 0.05) is 68.3 Å². The Kier molecular flexibility index (Phi) is 4.28. The first-order valence-corrected chi connectivity index (χ1v) is 14.4. The van der Waals surface area contributed by atoms with Gasteiger partial charge in [-0.15, -0.1) is 0 Å². The maximum absolute atomic E-state index is 13.7. The van der Waals surface area contributed by atoms with E-state index in [0.717, 1.165) is 45.9 Å². The van der Waals surface area contributed by atoms with Crippen molar-refractivity contribution in [2.75, 3.05) is 50.4 Å². The van der Waals surface area contributed by atoms with Gasteiger partial charge in [0.05, 0.1) is 11.1 Å². The lowest BCUT2D eigenvalue weighted by Gasteiger charge is -3.11. The van der Waals surface area contributed by atoms with E-state index in [9.17, 15) is 4.79 Å². The van der Waals surface area contributed by atoms with E-state index in [4.69, 9.17) is 0 Å². The Bertz CT molecular complexity index is 1460. The first-order chi connectivity index (χ1) is 19.0. The Labute approximate surface area is 228 Å². The lowest BCUT2D eigenvalue weighted by atomic mass is 8.92. The van der Waals surface area contributed by atoms with Gasteiger partial charge in [0.25, 0.3) is 0 Å². The highest BCUT2D eigenvalue weighted by Gasteiger charge is 3.11. The van der Waals surface area contributed by atoms with Crippen LogP contribution < -0.4 is 10.6 Å². The van der Waals surface area contributed by atoms with Gasteiger partial charge in [-0.2, -0.15) is 0 Å². The number of carbonyl (C=O) groups is 1. The van der Waals surface area contributed by atoms with Gasteiger partial charge >= 0.3 is 0 Å². The van der Waals surface area contributed by atoms with Crippen LogP contribution in [0.15, 0.2) is 55.0 Å². The van der Waals surface area contributed by atoms with Crippen LogP contribution in [-0.4, -0.2) is 70.4 Å². The highest BCUT2D eigenvalue weighted by molar-refractivity contribution is 6.01. The van der Waals surface area contributed by atoms with Crippen molar-refractivity contribution in [2.24, 2.45) is 46.3 Å². The van der Waals surface area contributed by atoms with Crippen LogP contribution in [0.3, 0.4) is 0 Å². The van der Waals surface area contributed by atoms with Crippen LogP contribution >= 0.6 is 0 Å². The molecule has 10 rings (SSSR count). The summed E-state index contributed by atoms with van der Waals surface area (Å²) in [5, 5.41) is 6.69. The summed E-state index contributed by atoms with van der Waals surface area (Å²) in [7, 11) is 2.23. The van der Waals surface area contributed by atoms with Gasteiger partial charge in [0.1, 0.15) is 0 Å². The normalized spacial score (nSPS) is 38.3. The van der Waals surface area contributed by atoms with Gasteiger partial charge in [-0.05, 0) is 90.8 Å². The molecule has 6 saturated carbocycles. The van der Waals surface area contributed by atoms with Crippen molar-refractivity contribution in [3.05, 3.63) is 60.6 Å². The fourth-order valence-electron chi connectivity index (χ4n) is 10.2. The van der Waals surface area contributed by atoms with E-state index in [1.54, 1.807) is 18.6 Å². The third kappa shape index (κ3) is 2.54. The summed E-state index contributed by atoms with van der Waals surface area (Å²) in [5.41, 5.74) is 5.11. The highest BCUT2D eigenvalue weighted by atomic mass is 16.2. The molecule has 7 fully saturated rings. The number of carbonyl (C=O) groups excluding carboxylic acids is 1. The number of anilines is 3. The number of nitrogens with zero attached hydrogens (tertiary/aromatic N) is 5. The lowest BCUT2D eigenvalue weighted by molar-refractivity contribution is -0.641. The van der Waals surface area contributed by atoms with E-state index in [2.05, 4.69) is 49.4 Å². The van der Waals surface area contributed by atoms with E-state index < -0.39 is 0 Å². The minimum absolute atomic E-state index is 0.0521. The molecule has 0 radical (unpaired) electrons. The quantitative estimate of drug-likeness (QED) is 0.494. The van der Waals surface area contributed by atoms with Crippen LogP contribution in [0.4, 0.5) is 17.3 Å². The minimum Gasteiger partial charge on any atom is -0.326 e. The molecule has 3 aromatic rings. The molecule has 1 aliphatic heterocycles. The Morgan fingerprint density at radius 3 is 2.49 bits per heavy atom. The van der Waals surface area contributed by atoms with E-state index >= 15 is 0 Å². The molecule has 7 aliphatic rings. The second-order valence-electron chi connectivity index (χ2n) is 12.9. The molecule has 0 spiro atoms. The van der Waals surface area contributed by atoms with Crippen molar-refractivity contribution in [3.63, 3.8) is 0 Å². The number of rotatable bonds is 7. The minimum atomic E-state index is -0.0521. The molecule has 2 N–H and O–H groups in total. The predicted molar refractivity (Wildman–Crippen MR) is 148 cm³/mol. The number of likely N-dealkylation sites (N-methyl/N-ethyl adjacent to an activating group) is 1. The molecule has 6 aliphatic carbocycles. The van der Waals surface area contributed by atoms with E-state index in [-0.39, 0.29) is 11.3 Å². The number of hydrogen-bond acceptors (Lipinski definition) is 7. The molecular formula is C31H33N7O. The Hall–Kier alpha value is -3.36. The van der Waals surface area contributed by atoms with Gasteiger partial charge in [0.15, 0.2) is 0 Å². The first kappa shape index (κ1) is 22.5. The standard InChI is InChI=1S/C31H33N7O/c1-17-5-6-19(14-21(17)36-29-33-9-7-20(35-29)18-4-3-8-32-15-18)34-28(39)31-25-22-26(31)24-27(31)23(25)30(22,24)16-38-12-10-37(2)11-13-38/h3-9,14-15,22-27H,10-13,16H2,1-2H3,(H,34,39)(H,33,35,36). The average Bonchev–Trinajstić information content (AvgIpc) is 2.97. The number of aryl methyl sites for hydroxylation is 1. The summed E-state index contributed by atoms with van der Waals surface area (Å²) in [6.45, 7) is 8.13. The van der Waals surface area contributed by atoms with Crippen LogP contribution in [0.5, 0.6) is 0 Å². The Morgan fingerprint density at radius 1 is 1.00 bits per heavy atom. The first-order valence-electron chi connectivity index (χ1n) is 14.4. The summed E-state index contributed by atoms with van der Waals surface area (Å²) in [6.07, 6.45) is 5.30.